The van der Waals surface area contributed by atoms with E-state index >= 15 is 0 Å². The Morgan fingerprint density at radius 2 is 2.00 bits per heavy atom. The fraction of sp³-hybridized carbons (Fsp3) is 1.00. The van der Waals surface area contributed by atoms with E-state index in [-0.39, 0.29) is 0 Å². The second kappa shape index (κ2) is 2.55. The molecule has 4 unspecified atom stereocenters. The molecule has 0 amide bonds. The fourth-order valence-corrected chi connectivity index (χ4v) is 3.15. The molecule has 2 fully saturated rings. The third kappa shape index (κ3) is 1.35. The van der Waals surface area contributed by atoms with Crippen LogP contribution in [0.3, 0.4) is 0 Å². The van der Waals surface area contributed by atoms with E-state index in [4.69, 9.17) is 0 Å². The third-order valence-corrected chi connectivity index (χ3v) is 5.36. The van der Waals surface area contributed by atoms with Crippen molar-refractivity contribution in [3.8, 4) is 0 Å². The Bertz CT molecular complexity index is 219. The summed E-state index contributed by atoms with van der Waals surface area (Å²) < 4.78 is 0. The highest BCUT2D eigenvalue weighted by Crippen LogP contribution is 2.69. The first kappa shape index (κ1) is 9.61. The molecule has 2 aliphatic carbocycles. The molecule has 0 nitrogen and oxygen atoms in total. The minimum atomic E-state index is 0.566. The zero-order valence-corrected chi connectivity index (χ0v) is 9.85. The van der Waals surface area contributed by atoms with Crippen LogP contribution >= 0.6 is 0 Å². The molecule has 0 aromatic heterocycles. The molecule has 13 heavy (non-hydrogen) atoms. The fourth-order valence-electron chi connectivity index (χ4n) is 3.15. The van der Waals surface area contributed by atoms with Crippen LogP contribution in [0.15, 0.2) is 0 Å². The predicted octanol–water partition coefficient (Wildman–Crippen LogP) is 2.89. The maximum atomic E-state index is 2.49. The third-order valence-electron chi connectivity index (χ3n) is 5.36. The molecule has 1 heteroatoms. The second-order valence-electron chi connectivity index (χ2n) is 6.67. The number of fused-ring (bicyclic) bond motifs is 1. The highest BCUT2D eigenvalue weighted by atomic mass is 14.6. The molecular weight excluding hydrogens is 155 g/mol. The van der Waals surface area contributed by atoms with E-state index in [1.54, 1.807) is 0 Å². The zero-order valence-electron chi connectivity index (χ0n) is 9.85. The molecule has 74 valence electrons. The summed E-state index contributed by atoms with van der Waals surface area (Å²) in [6.07, 6.45) is 4.54. The van der Waals surface area contributed by atoms with E-state index in [2.05, 4.69) is 35.5 Å². The van der Waals surface area contributed by atoms with Crippen LogP contribution in [0.1, 0.15) is 47.0 Å². The van der Waals surface area contributed by atoms with Crippen molar-refractivity contribution >= 4 is 7.85 Å². The van der Waals surface area contributed by atoms with Gasteiger partial charge in [0.2, 0.25) is 0 Å². The summed E-state index contributed by atoms with van der Waals surface area (Å²) in [5.74, 6) is 2.92. The van der Waals surface area contributed by atoms with Gasteiger partial charge in [-0.3, -0.25) is 0 Å². The maximum absolute atomic E-state index is 2.49. The van der Waals surface area contributed by atoms with Crippen LogP contribution < -0.4 is 0 Å². The van der Waals surface area contributed by atoms with Crippen molar-refractivity contribution in [3.63, 3.8) is 0 Å². The average Bonchev–Trinajstić information content (AvgIpc) is 2.50. The molecule has 2 saturated carbocycles. The summed E-state index contributed by atoms with van der Waals surface area (Å²) in [7, 11) is 2.47. The molecule has 0 bridgehead atoms. The first-order valence-corrected chi connectivity index (χ1v) is 5.86. The van der Waals surface area contributed by atoms with Gasteiger partial charge in [0.25, 0.3) is 0 Å². The molecule has 0 aromatic carbocycles. The molecule has 2 aliphatic rings. The van der Waals surface area contributed by atoms with E-state index in [1.165, 1.54) is 19.3 Å². The van der Waals surface area contributed by atoms with Gasteiger partial charge in [-0.05, 0) is 42.4 Å². The van der Waals surface area contributed by atoms with Crippen molar-refractivity contribution in [1.82, 2.24) is 0 Å². The van der Waals surface area contributed by atoms with Gasteiger partial charge in [-0.25, -0.2) is 0 Å². The van der Waals surface area contributed by atoms with Crippen LogP contribution in [-0.2, 0) is 0 Å². The highest BCUT2D eigenvalue weighted by Gasteiger charge is 2.58. The summed E-state index contributed by atoms with van der Waals surface area (Å²) in [6.45, 7) is 9.73. The van der Waals surface area contributed by atoms with Crippen molar-refractivity contribution in [1.29, 1.82) is 0 Å². The lowest BCUT2D eigenvalue weighted by Crippen LogP contribution is -2.25. The summed E-state index contributed by atoms with van der Waals surface area (Å²) in [5, 5.41) is 0.566. The zero-order chi connectivity index (χ0) is 9.85. The van der Waals surface area contributed by atoms with Gasteiger partial charge in [-0.15, -0.1) is 0 Å². The van der Waals surface area contributed by atoms with Crippen molar-refractivity contribution < 1.29 is 0 Å². The largest absolute Gasteiger partial charge is 0.109 e. The van der Waals surface area contributed by atoms with E-state index < -0.39 is 0 Å². The molecule has 0 N–H and O–H groups in total. The number of hydrogen-bond donors (Lipinski definition) is 0. The molecule has 2 rings (SSSR count). The van der Waals surface area contributed by atoms with Gasteiger partial charge in [-0.1, -0.05) is 33.0 Å². The highest BCUT2D eigenvalue weighted by molar-refractivity contribution is 6.15. The summed E-state index contributed by atoms with van der Waals surface area (Å²) in [4.78, 5) is 0. The van der Waals surface area contributed by atoms with Crippen LogP contribution in [0.25, 0.3) is 0 Å². The van der Waals surface area contributed by atoms with Crippen molar-refractivity contribution in [2.24, 2.45) is 23.2 Å². The Hall–Kier alpha value is 0.0649. The van der Waals surface area contributed by atoms with Gasteiger partial charge in [0, 0.05) is 0 Å². The molecular formula is C12H23B. The monoisotopic (exact) mass is 178 g/mol. The van der Waals surface area contributed by atoms with E-state index in [9.17, 15) is 0 Å². The quantitative estimate of drug-likeness (QED) is 0.570. The second-order valence-corrected chi connectivity index (χ2v) is 6.67. The summed E-state index contributed by atoms with van der Waals surface area (Å²) >= 11 is 0. The average molecular weight is 178 g/mol. The van der Waals surface area contributed by atoms with Gasteiger partial charge < -0.3 is 0 Å². The van der Waals surface area contributed by atoms with Gasteiger partial charge >= 0.3 is 0 Å². The Balaban J connectivity index is 2.04. The lowest BCUT2D eigenvalue weighted by molar-refractivity contribution is 0.272. The Kier molecular flexibility index (Phi) is 1.89. The Labute approximate surface area is 83.9 Å². The number of rotatable bonds is 2. The standard InChI is InChI=1S/C12H23B/c1-8(2)12(4,13)10-5-9-6-11(9,3)7-10/h8-10H,5-7,13H2,1-4H3. The topological polar surface area (TPSA) is 0 Å². The predicted molar refractivity (Wildman–Crippen MR) is 60.7 cm³/mol. The Morgan fingerprint density at radius 1 is 1.38 bits per heavy atom. The van der Waals surface area contributed by atoms with Gasteiger partial charge in [0.1, 0.15) is 7.85 Å². The van der Waals surface area contributed by atoms with E-state index in [1.807, 2.05) is 0 Å². The summed E-state index contributed by atoms with van der Waals surface area (Å²) in [6, 6.07) is 0. The van der Waals surface area contributed by atoms with Gasteiger partial charge in [0.05, 0.1) is 0 Å². The summed E-state index contributed by atoms with van der Waals surface area (Å²) in [5.41, 5.74) is 0.775. The maximum Gasteiger partial charge on any atom is 0.109 e. The molecule has 0 saturated heterocycles. The molecule has 0 aromatic rings. The number of hydrogen-bond acceptors (Lipinski definition) is 0. The van der Waals surface area contributed by atoms with Crippen molar-refractivity contribution in [3.05, 3.63) is 0 Å². The first-order valence-electron chi connectivity index (χ1n) is 5.86. The van der Waals surface area contributed by atoms with Crippen molar-refractivity contribution in [2.75, 3.05) is 0 Å². The smallest absolute Gasteiger partial charge is 0.0664 e. The van der Waals surface area contributed by atoms with Crippen LogP contribution in [0.2, 0.25) is 5.31 Å². The minimum Gasteiger partial charge on any atom is -0.0664 e. The van der Waals surface area contributed by atoms with E-state index in [0.29, 0.717) is 5.31 Å². The molecule has 0 aliphatic heterocycles. The lowest BCUT2D eigenvalue weighted by atomic mass is 9.54. The molecule has 4 atom stereocenters. The van der Waals surface area contributed by atoms with Crippen LogP contribution in [0, 0.1) is 23.2 Å². The van der Waals surface area contributed by atoms with Crippen molar-refractivity contribution in [2.45, 2.75) is 52.3 Å². The molecule has 0 heterocycles. The van der Waals surface area contributed by atoms with Crippen LogP contribution in [-0.4, -0.2) is 7.85 Å². The van der Waals surface area contributed by atoms with Crippen LogP contribution in [0.4, 0.5) is 0 Å². The lowest BCUT2D eigenvalue weighted by Gasteiger charge is -2.37. The van der Waals surface area contributed by atoms with Crippen LogP contribution in [0.5, 0.6) is 0 Å². The van der Waals surface area contributed by atoms with Gasteiger partial charge in [0.15, 0.2) is 0 Å². The first-order chi connectivity index (χ1) is 5.86. The van der Waals surface area contributed by atoms with Gasteiger partial charge in [-0.2, -0.15) is 0 Å². The SMILES string of the molecule is BC(C)(C(C)C)C1CC2CC2(C)C1. The molecule has 0 radical (unpaired) electrons. The molecule has 0 spiro atoms. The Morgan fingerprint density at radius 3 is 2.38 bits per heavy atom. The van der Waals surface area contributed by atoms with E-state index in [0.717, 1.165) is 23.2 Å². The minimum absolute atomic E-state index is 0.566. The normalized spacial score (nSPS) is 47.5.